The van der Waals surface area contributed by atoms with E-state index in [1.54, 1.807) is 7.11 Å². The molecule has 0 spiro atoms. The van der Waals surface area contributed by atoms with Crippen LogP contribution in [0.25, 0.3) is 0 Å². The minimum absolute atomic E-state index is 0.123. The number of para-hydroxylation sites is 1. The number of carbonyl (C=O) groups excluding carboxylic acids is 1. The van der Waals surface area contributed by atoms with Gasteiger partial charge in [0.05, 0.1) is 7.11 Å². The summed E-state index contributed by atoms with van der Waals surface area (Å²) in [5.74, 6) is 1.63. The highest BCUT2D eigenvalue weighted by Gasteiger charge is 2.33. The molecule has 0 heterocycles. The zero-order valence-electron chi connectivity index (χ0n) is 13.0. The number of rotatable bonds is 6. The molecule has 4 heteroatoms. The normalized spacial score (nSPS) is 21.3. The molecule has 0 bridgehead atoms. The number of likely N-dealkylation sites (N-methyl/N-ethyl adjacent to an activating group) is 1. The van der Waals surface area contributed by atoms with Crippen molar-refractivity contribution in [2.24, 2.45) is 17.6 Å². The molecule has 1 aliphatic carbocycles. The Morgan fingerprint density at radius 3 is 2.86 bits per heavy atom. The van der Waals surface area contributed by atoms with Crippen LogP contribution in [0.15, 0.2) is 24.3 Å². The minimum Gasteiger partial charge on any atom is -0.496 e. The van der Waals surface area contributed by atoms with Gasteiger partial charge in [-0.2, -0.15) is 0 Å². The van der Waals surface area contributed by atoms with Crippen LogP contribution in [0.3, 0.4) is 0 Å². The first-order chi connectivity index (χ1) is 10.2. The Morgan fingerprint density at radius 1 is 1.38 bits per heavy atom. The van der Waals surface area contributed by atoms with Crippen LogP contribution < -0.4 is 10.5 Å². The maximum atomic E-state index is 12.5. The number of benzene rings is 1. The van der Waals surface area contributed by atoms with Crippen molar-refractivity contribution >= 4 is 5.91 Å². The van der Waals surface area contributed by atoms with E-state index in [-0.39, 0.29) is 11.8 Å². The van der Waals surface area contributed by atoms with Crippen molar-refractivity contribution < 1.29 is 9.53 Å². The van der Waals surface area contributed by atoms with Crippen molar-refractivity contribution in [3.63, 3.8) is 0 Å². The molecule has 1 amide bonds. The second kappa shape index (κ2) is 7.46. The Hall–Kier alpha value is -1.55. The number of hydrogen-bond donors (Lipinski definition) is 1. The third-order valence-electron chi connectivity index (χ3n) is 4.56. The van der Waals surface area contributed by atoms with Crippen LogP contribution >= 0.6 is 0 Å². The largest absolute Gasteiger partial charge is 0.496 e. The lowest BCUT2D eigenvalue weighted by Gasteiger charge is -2.24. The van der Waals surface area contributed by atoms with E-state index < -0.39 is 0 Å². The predicted molar refractivity (Wildman–Crippen MR) is 84.2 cm³/mol. The fourth-order valence-electron chi connectivity index (χ4n) is 3.23. The third-order valence-corrected chi connectivity index (χ3v) is 4.56. The summed E-state index contributed by atoms with van der Waals surface area (Å²) in [5, 5.41) is 0. The van der Waals surface area contributed by atoms with Gasteiger partial charge in [-0.25, -0.2) is 0 Å². The van der Waals surface area contributed by atoms with E-state index in [9.17, 15) is 4.79 Å². The molecule has 1 aromatic rings. The lowest BCUT2D eigenvalue weighted by Crippen LogP contribution is -2.37. The van der Waals surface area contributed by atoms with E-state index in [1.165, 1.54) is 0 Å². The summed E-state index contributed by atoms with van der Waals surface area (Å²) in [4.78, 5) is 14.4. The van der Waals surface area contributed by atoms with Crippen LogP contribution in [0.4, 0.5) is 0 Å². The molecule has 116 valence electrons. The van der Waals surface area contributed by atoms with E-state index in [1.807, 2.05) is 30.1 Å². The van der Waals surface area contributed by atoms with Crippen LogP contribution in [-0.4, -0.2) is 38.1 Å². The zero-order valence-corrected chi connectivity index (χ0v) is 13.0. The molecule has 0 unspecified atom stereocenters. The zero-order chi connectivity index (χ0) is 15.2. The Balaban J connectivity index is 1.92. The first kappa shape index (κ1) is 15.8. The topological polar surface area (TPSA) is 55.6 Å². The van der Waals surface area contributed by atoms with Gasteiger partial charge in [-0.1, -0.05) is 24.6 Å². The molecular formula is C17H26N2O2. The van der Waals surface area contributed by atoms with Crippen LogP contribution in [0.1, 0.15) is 24.8 Å². The number of methoxy groups -OCH3 is 1. The molecule has 1 saturated carbocycles. The van der Waals surface area contributed by atoms with Gasteiger partial charge in [-0.05, 0) is 43.4 Å². The molecule has 0 aromatic heterocycles. The van der Waals surface area contributed by atoms with Crippen molar-refractivity contribution in [3.05, 3.63) is 29.8 Å². The number of ether oxygens (including phenoxy) is 1. The highest BCUT2D eigenvalue weighted by Crippen LogP contribution is 2.32. The molecule has 0 radical (unpaired) electrons. The van der Waals surface area contributed by atoms with Crippen LogP contribution in [0.2, 0.25) is 0 Å². The van der Waals surface area contributed by atoms with Gasteiger partial charge in [0.25, 0.3) is 0 Å². The molecule has 1 aromatic carbocycles. The van der Waals surface area contributed by atoms with Crippen molar-refractivity contribution in [2.45, 2.75) is 25.7 Å². The monoisotopic (exact) mass is 290 g/mol. The Morgan fingerprint density at radius 2 is 2.14 bits per heavy atom. The lowest BCUT2D eigenvalue weighted by molar-refractivity contribution is -0.135. The summed E-state index contributed by atoms with van der Waals surface area (Å²) < 4.78 is 5.35. The Labute approximate surface area is 127 Å². The number of carbonyl (C=O) groups is 1. The highest BCUT2D eigenvalue weighted by atomic mass is 16.5. The molecule has 21 heavy (non-hydrogen) atoms. The third kappa shape index (κ3) is 3.76. The molecule has 1 aliphatic rings. The van der Waals surface area contributed by atoms with Gasteiger partial charge < -0.3 is 15.4 Å². The number of hydrogen-bond acceptors (Lipinski definition) is 3. The fraction of sp³-hybridized carbons (Fsp3) is 0.588. The van der Waals surface area contributed by atoms with E-state index in [0.29, 0.717) is 19.0 Å². The molecule has 2 atom stereocenters. The SMILES string of the molecule is COc1ccccc1CCN(C)C(=O)[C@@H]1CCC[C@@H]1CN. The Bertz CT molecular complexity index is 476. The standard InChI is InChI=1S/C17H26N2O2/c1-19(17(20)15-8-5-7-14(15)12-18)11-10-13-6-3-4-9-16(13)21-2/h3-4,6,9,14-15H,5,7-8,10-12,18H2,1-2H3/t14-,15-/m1/s1. The van der Waals surface area contributed by atoms with Crippen molar-refractivity contribution in [1.82, 2.24) is 4.90 Å². The van der Waals surface area contributed by atoms with Gasteiger partial charge in [-0.15, -0.1) is 0 Å². The second-order valence-corrected chi connectivity index (χ2v) is 5.85. The number of nitrogens with two attached hydrogens (primary N) is 1. The van der Waals surface area contributed by atoms with Crippen LogP contribution in [0.5, 0.6) is 5.75 Å². The van der Waals surface area contributed by atoms with Gasteiger partial charge >= 0.3 is 0 Å². The summed E-state index contributed by atoms with van der Waals surface area (Å²) in [6.45, 7) is 1.34. The predicted octanol–water partition coefficient (Wildman–Crippen LogP) is 2.07. The summed E-state index contributed by atoms with van der Waals surface area (Å²) in [6, 6.07) is 7.97. The summed E-state index contributed by atoms with van der Waals surface area (Å²) in [5.41, 5.74) is 6.92. The summed E-state index contributed by atoms with van der Waals surface area (Å²) in [6.07, 6.45) is 4.01. The van der Waals surface area contributed by atoms with Crippen molar-refractivity contribution in [3.8, 4) is 5.75 Å². The van der Waals surface area contributed by atoms with Crippen LogP contribution in [-0.2, 0) is 11.2 Å². The smallest absolute Gasteiger partial charge is 0.225 e. The van der Waals surface area contributed by atoms with E-state index in [2.05, 4.69) is 6.07 Å². The number of nitrogens with zero attached hydrogens (tertiary/aromatic N) is 1. The highest BCUT2D eigenvalue weighted by molar-refractivity contribution is 5.79. The van der Waals surface area contributed by atoms with Gasteiger partial charge in [0.2, 0.25) is 5.91 Å². The fourth-order valence-corrected chi connectivity index (χ4v) is 3.23. The average Bonchev–Trinajstić information content (AvgIpc) is 3.00. The first-order valence-corrected chi connectivity index (χ1v) is 7.74. The molecule has 0 aliphatic heterocycles. The molecule has 2 rings (SSSR count). The summed E-state index contributed by atoms with van der Waals surface area (Å²) in [7, 11) is 3.57. The minimum atomic E-state index is 0.123. The second-order valence-electron chi connectivity index (χ2n) is 5.85. The average molecular weight is 290 g/mol. The molecule has 4 nitrogen and oxygen atoms in total. The maximum Gasteiger partial charge on any atom is 0.225 e. The first-order valence-electron chi connectivity index (χ1n) is 7.74. The van der Waals surface area contributed by atoms with E-state index >= 15 is 0 Å². The quantitative estimate of drug-likeness (QED) is 0.872. The lowest BCUT2D eigenvalue weighted by atomic mass is 9.95. The molecule has 0 saturated heterocycles. The van der Waals surface area contributed by atoms with E-state index in [4.69, 9.17) is 10.5 Å². The Kier molecular flexibility index (Phi) is 5.62. The molecule has 2 N–H and O–H groups in total. The number of amides is 1. The molecular weight excluding hydrogens is 264 g/mol. The van der Waals surface area contributed by atoms with E-state index in [0.717, 1.165) is 37.0 Å². The maximum absolute atomic E-state index is 12.5. The van der Waals surface area contributed by atoms with Crippen molar-refractivity contribution in [2.75, 3.05) is 27.2 Å². The van der Waals surface area contributed by atoms with Crippen molar-refractivity contribution in [1.29, 1.82) is 0 Å². The summed E-state index contributed by atoms with van der Waals surface area (Å²) >= 11 is 0. The molecule has 1 fully saturated rings. The van der Waals surface area contributed by atoms with Gasteiger partial charge in [0.1, 0.15) is 5.75 Å². The van der Waals surface area contributed by atoms with Gasteiger partial charge in [0.15, 0.2) is 0 Å². The van der Waals surface area contributed by atoms with Gasteiger partial charge in [0, 0.05) is 19.5 Å². The van der Waals surface area contributed by atoms with Crippen LogP contribution in [0, 0.1) is 11.8 Å². The van der Waals surface area contributed by atoms with Gasteiger partial charge in [-0.3, -0.25) is 4.79 Å².